The summed E-state index contributed by atoms with van der Waals surface area (Å²) < 4.78 is 0. The van der Waals surface area contributed by atoms with Crippen molar-refractivity contribution in [1.29, 1.82) is 0 Å². The number of carbonyl (C=O) groups is 2. The van der Waals surface area contributed by atoms with E-state index in [0.717, 1.165) is 30.6 Å². The molecule has 2 aromatic rings. The molecule has 2 aromatic carbocycles. The lowest BCUT2D eigenvalue weighted by atomic mass is 9.87. The summed E-state index contributed by atoms with van der Waals surface area (Å²) in [4.78, 5) is 26.2. The Bertz CT molecular complexity index is 832. The molecule has 0 saturated heterocycles. The van der Waals surface area contributed by atoms with E-state index < -0.39 is 0 Å². The Balaban J connectivity index is 1.80. The summed E-state index contributed by atoms with van der Waals surface area (Å²) in [5.74, 6) is -0.109. The quantitative estimate of drug-likeness (QED) is 0.865. The SMILES string of the molecule is CC(=O)N1CCCc2ccc(NC(=O)c3ccc(C(C)(C)C)cc3)cc21. The van der Waals surface area contributed by atoms with Crippen molar-refractivity contribution in [1.82, 2.24) is 0 Å². The molecular weight excluding hydrogens is 324 g/mol. The normalized spacial score (nSPS) is 13.9. The van der Waals surface area contributed by atoms with Crippen molar-refractivity contribution in [2.24, 2.45) is 0 Å². The molecule has 0 aliphatic carbocycles. The standard InChI is InChI=1S/C22H26N2O2/c1-15(25)24-13-5-6-16-9-12-19(14-20(16)24)23-21(26)17-7-10-18(11-8-17)22(2,3)4/h7-12,14H,5-6,13H2,1-4H3,(H,23,26). The Morgan fingerprint density at radius 3 is 2.35 bits per heavy atom. The first kappa shape index (κ1) is 18.2. The molecule has 3 rings (SSSR count). The molecule has 4 nitrogen and oxygen atoms in total. The monoisotopic (exact) mass is 350 g/mol. The predicted molar refractivity (Wildman–Crippen MR) is 106 cm³/mol. The third-order valence-electron chi connectivity index (χ3n) is 4.86. The fraction of sp³-hybridized carbons (Fsp3) is 0.364. The van der Waals surface area contributed by atoms with Gasteiger partial charge in [-0.2, -0.15) is 0 Å². The van der Waals surface area contributed by atoms with Crippen LogP contribution in [0.25, 0.3) is 0 Å². The maximum absolute atomic E-state index is 12.6. The lowest BCUT2D eigenvalue weighted by Crippen LogP contribution is -2.33. The van der Waals surface area contributed by atoms with E-state index in [1.165, 1.54) is 5.56 Å². The second-order valence-electron chi connectivity index (χ2n) is 7.90. The van der Waals surface area contributed by atoms with Gasteiger partial charge in [-0.3, -0.25) is 9.59 Å². The van der Waals surface area contributed by atoms with Gasteiger partial charge in [-0.25, -0.2) is 0 Å². The highest BCUT2D eigenvalue weighted by Crippen LogP contribution is 2.30. The van der Waals surface area contributed by atoms with Crippen molar-refractivity contribution in [3.05, 3.63) is 59.2 Å². The van der Waals surface area contributed by atoms with E-state index in [1.54, 1.807) is 11.8 Å². The molecule has 0 atom stereocenters. The van der Waals surface area contributed by atoms with Crippen LogP contribution in [-0.2, 0) is 16.6 Å². The number of hydrogen-bond donors (Lipinski definition) is 1. The van der Waals surface area contributed by atoms with Crippen LogP contribution in [0.4, 0.5) is 11.4 Å². The maximum Gasteiger partial charge on any atom is 0.255 e. The van der Waals surface area contributed by atoms with Gasteiger partial charge < -0.3 is 10.2 Å². The summed E-state index contributed by atoms with van der Waals surface area (Å²) in [6.07, 6.45) is 1.93. The molecule has 1 heterocycles. The third kappa shape index (κ3) is 3.79. The molecule has 0 aromatic heterocycles. The number of aryl methyl sites for hydroxylation is 1. The zero-order valence-corrected chi connectivity index (χ0v) is 15.9. The molecular formula is C22H26N2O2. The van der Waals surface area contributed by atoms with Gasteiger partial charge in [-0.15, -0.1) is 0 Å². The van der Waals surface area contributed by atoms with Gasteiger partial charge in [0.1, 0.15) is 0 Å². The van der Waals surface area contributed by atoms with Gasteiger partial charge in [0, 0.05) is 30.4 Å². The molecule has 136 valence electrons. The minimum absolute atomic E-state index is 0.0344. The molecule has 1 N–H and O–H groups in total. The average Bonchev–Trinajstić information content (AvgIpc) is 2.60. The molecule has 0 bridgehead atoms. The maximum atomic E-state index is 12.6. The summed E-state index contributed by atoms with van der Waals surface area (Å²) in [7, 11) is 0. The highest BCUT2D eigenvalue weighted by molar-refractivity contribution is 6.05. The zero-order chi connectivity index (χ0) is 18.9. The smallest absolute Gasteiger partial charge is 0.255 e. The molecule has 2 amide bonds. The lowest BCUT2D eigenvalue weighted by Gasteiger charge is -2.29. The number of benzene rings is 2. The van der Waals surface area contributed by atoms with Gasteiger partial charge >= 0.3 is 0 Å². The predicted octanol–water partition coefficient (Wildman–Crippen LogP) is 4.54. The number of amides is 2. The van der Waals surface area contributed by atoms with Crippen LogP contribution in [0.5, 0.6) is 0 Å². The van der Waals surface area contributed by atoms with E-state index in [2.05, 4.69) is 26.1 Å². The topological polar surface area (TPSA) is 49.4 Å². The Morgan fingerprint density at radius 2 is 1.73 bits per heavy atom. The van der Waals surface area contributed by atoms with Crippen LogP contribution in [0.15, 0.2) is 42.5 Å². The van der Waals surface area contributed by atoms with Crippen LogP contribution >= 0.6 is 0 Å². The number of rotatable bonds is 2. The van der Waals surface area contributed by atoms with Crippen molar-refractivity contribution in [2.75, 3.05) is 16.8 Å². The van der Waals surface area contributed by atoms with Gasteiger partial charge in [0.05, 0.1) is 0 Å². The van der Waals surface area contributed by atoms with E-state index in [-0.39, 0.29) is 17.2 Å². The van der Waals surface area contributed by atoms with Gasteiger partial charge in [-0.05, 0) is 53.6 Å². The molecule has 26 heavy (non-hydrogen) atoms. The van der Waals surface area contributed by atoms with Crippen LogP contribution in [0.3, 0.4) is 0 Å². The zero-order valence-electron chi connectivity index (χ0n) is 15.9. The highest BCUT2D eigenvalue weighted by Gasteiger charge is 2.21. The fourth-order valence-corrected chi connectivity index (χ4v) is 3.30. The van der Waals surface area contributed by atoms with E-state index >= 15 is 0 Å². The number of nitrogens with one attached hydrogen (secondary N) is 1. The van der Waals surface area contributed by atoms with Gasteiger partial charge in [-0.1, -0.05) is 39.0 Å². The first-order chi connectivity index (χ1) is 12.3. The average molecular weight is 350 g/mol. The number of hydrogen-bond acceptors (Lipinski definition) is 2. The summed E-state index contributed by atoms with van der Waals surface area (Å²) in [5.41, 5.74) is 4.65. The first-order valence-electron chi connectivity index (χ1n) is 9.08. The number of anilines is 2. The van der Waals surface area contributed by atoms with Crippen LogP contribution in [-0.4, -0.2) is 18.4 Å². The molecule has 0 saturated carbocycles. The summed E-state index contributed by atoms with van der Waals surface area (Å²) in [6, 6.07) is 13.5. The van der Waals surface area contributed by atoms with Crippen LogP contribution in [0.2, 0.25) is 0 Å². The molecule has 1 aliphatic heterocycles. The summed E-state index contributed by atoms with van der Waals surface area (Å²) in [6.45, 7) is 8.76. The van der Waals surface area contributed by atoms with Crippen LogP contribution < -0.4 is 10.2 Å². The third-order valence-corrected chi connectivity index (χ3v) is 4.86. The Kier molecular flexibility index (Phi) is 4.86. The van der Waals surface area contributed by atoms with Crippen molar-refractivity contribution in [2.45, 2.75) is 46.0 Å². The Morgan fingerprint density at radius 1 is 1.04 bits per heavy atom. The van der Waals surface area contributed by atoms with Crippen molar-refractivity contribution in [3.8, 4) is 0 Å². The molecule has 1 aliphatic rings. The van der Waals surface area contributed by atoms with E-state index in [9.17, 15) is 9.59 Å². The minimum Gasteiger partial charge on any atom is -0.322 e. The molecule has 0 unspecified atom stereocenters. The molecule has 0 spiro atoms. The van der Waals surface area contributed by atoms with Crippen molar-refractivity contribution < 1.29 is 9.59 Å². The second-order valence-corrected chi connectivity index (χ2v) is 7.90. The Labute approximate surface area is 155 Å². The molecule has 4 heteroatoms. The highest BCUT2D eigenvalue weighted by atomic mass is 16.2. The number of fused-ring (bicyclic) bond motifs is 1. The Hall–Kier alpha value is -2.62. The summed E-state index contributed by atoms with van der Waals surface area (Å²) >= 11 is 0. The number of carbonyl (C=O) groups excluding carboxylic acids is 2. The lowest BCUT2D eigenvalue weighted by molar-refractivity contribution is -0.116. The van der Waals surface area contributed by atoms with Gasteiger partial charge in [0.25, 0.3) is 5.91 Å². The van der Waals surface area contributed by atoms with E-state index in [1.807, 2.05) is 42.5 Å². The van der Waals surface area contributed by atoms with Gasteiger partial charge in [0.15, 0.2) is 0 Å². The number of nitrogens with zero attached hydrogens (tertiary/aromatic N) is 1. The van der Waals surface area contributed by atoms with E-state index in [0.29, 0.717) is 11.3 Å². The van der Waals surface area contributed by atoms with Crippen LogP contribution in [0.1, 0.15) is 55.6 Å². The molecule has 0 radical (unpaired) electrons. The van der Waals surface area contributed by atoms with E-state index in [4.69, 9.17) is 0 Å². The van der Waals surface area contributed by atoms with Crippen molar-refractivity contribution in [3.63, 3.8) is 0 Å². The summed E-state index contributed by atoms with van der Waals surface area (Å²) in [5, 5.41) is 2.95. The minimum atomic E-state index is -0.143. The molecule has 0 fully saturated rings. The largest absolute Gasteiger partial charge is 0.322 e. The van der Waals surface area contributed by atoms with Crippen molar-refractivity contribution >= 4 is 23.2 Å². The van der Waals surface area contributed by atoms with Crippen LogP contribution in [0, 0.1) is 0 Å². The fourth-order valence-electron chi connectivity index (χ4n) is 3.30. The first-order valence-corrected chi connectivity index (χ1v) is 9.08. The van der Waals surface area contributed by atoms with Gasteiger partial charge in [0.2, 0.25) is 5.91 Å². The second kappa shape index (κ2) is 6.94.